The Morgan fingerprint density at radius 3 is 2.83 bits per heavy atom. The lowest BCUT2D eigenvalue weighted by molar-refractivity contribution is 0.245. The molecule has 1 aliphatic heterocycles. The van der Waals surface area contributed by atoms with Crippen LogP contribution in [0.1, 0.15) is 18.0 Å². The summed E-state index contributed by atoms with van der Waals surface area (Å²) in [4.78, 5) is 17.8. The summed E-state index contributed by atoms with van der Waals surface area (Å²) in [5, 5.41) is 0. The fraction of sp³-hybridized carbons (Fsp3) is 0.143. The Labute approximate surface area is 168 Å². The molecule has 0 bridgehead atoms. The number of aromatic nitrogens is 6. The highest BCUT2D eigenvalue weighted by Crippen LogP contribution is 2.37. The van der Waals surface area contributed by atoms with Crippen LogP contribution in [0.3, 0.4) is 0 Å². The van der Waals surface area contributed by atoms with Gasteiger partial charge < -0.3 is 9.30 Å². The quantitative estimate of drug-likeness (QED) is 0.447. The Hall–Kier alpha value is -3.88. The van der Waals surface area contributed by atoms with Gasteiger partial charge in [-0.1, -0.05) is 12.1 Å². The van der Waals surface area contributed by atoms with Crippen molar-refractivity contribution in [2.24, 2.45) is 0 Å². The van der Waals surface area contributed by atoms with Gasteiger partial charge in [-0.05, 0) is 18.2 Å². The van der Waals surface area contributed by atoms with E-state index in [9.17, 15) is 8.78 Å². The third-order valence-electron chi connectivity index (χ3n) is 5.36. The van der Waals surface area contributed by atoms with E-state index >= 15 is 0 Å². The smallest absolute Gasteiger partial charge is 0.237 e. The number of rotatable bonds is 2. The van der Waals surface area contributed by atoms with Gasteiger partial charge >= 0.3 is 0 Å². The van der Waals surface area contributed by atoms with E-state index in [-0.39, 0.29) is 23.4 Å². The summed E-state index contributed by atoms with van der Waals surface area (Å²) in [6.45, 7) is 0.391. The van der Waals surface area contributed by atoms with Crippen molar-refractivity contribution < 1.29 is 13.5 Å². The molecule has 2 aromatic carbocycles. The molecule has 6 rings (SSSR count). The fourth-order valence-electron chi connectivity index (χ4n) is 3.96. The highest BCUT2D eigenvalue weighted by atomic mass is 19.1. The summed E-state index contributed by atoms with van der Waals surface area (Å²) < 4.78 is 37.1. The van der Waals surface area contributed by atoms with E-state index in [2.05, 4.69) is 19.9 Å². The molecule has 148 valence electrons. The molecule has 0 radical (unpaired) electrons. The molecule has 4 heterocycles. The zero-order chi connectivity index (χ0) is 20.2. The molecule has 0 saturated carbocycles. The average Bonchev–Trinajstić information content (AvgIpc) is 3.37. The Morgan fingerprint density at radius 1 is 1.00 bits per heavy atom. The molecule has 0 spiro atoms. The third kappa shape index (κ3) is 2.48. The van der Waals surface area contributed by atoms with E-state index in [0.29, 0.717) is 41.2 Å². The van der Waals surface area contributed by atoms with E-state index in [1.165, 1.54) is 18.2 Å². The van der Waals surface area contributed by atoms with Gasteiger partial charge in [0, 0.05) is 18.1 Å². The molecular formula is C21H14F2N6O. The first kappa shape index (κ1) is 17.0. The Kier molecular flexibility index (Phi) is 3.58. The van der Waals surface area contributed by atoms with Crippen LogP contribution in [-0.4, -0.2) is 35.7 Å². The predicted molar refractivity (Wildman–Crippen MR) is 105 cm³/mol. The molecule has 30 heavy (non-hydrogen) atoms. The lowest BCUT2D eigenvalue weighted by Gasteiger charge is -2.27. The van der Waals surface area contributed by atoms with Crippen LogP contribution >= 0.6 is 0 Å². The number of halogens is 2. The number of benzene rings is 2. The van der Waals surface area contributed by atoms with Gasteiger partial charge in [-0.15, -0.1) is 0 Å². The number of imidazole rings is 2. The molecule has 9 heteroatoms. The van der Waals surface area contributed by atoms with Crippen LogP contribution < -0.4 is 4.74 Å². The minimum Gasteiger partial charge on any atom is -0.490 e. The molecule has 7 nitrogen and oxygen atoms in total. The number of hydrogen-bond donors (Lipinski definition) is 0. The second-order valence-electron chi connectivity index (χ2n) is 7.09. The van der Waals surface area contributed by atoms with Crippen molar-refractivity contribution in [1.82, 2.24) is 29.1 Å². The zero-order valence-electron chi connectivity index (χ0n) is 15.5. The van der Waals surface area contributed by atoms with Gasteiger partial charge in [-0.3, -0.25) is 4.57 Å². The van der Waals surface area contributed by atoms with E-state index in [1.54, 1.807) is 35.6 Å². The fourth-order valence-corrected chi connectivity index (χ4v) is 3.96. The van der Waals surface area contributed by atoms with Gasteiger partial charge in [0.05, 0.1) is 36.2 Å². The van der Waals surface area contributed by atoms with E-state index < -0.39 is 0 Å². The van der Waals surface area contributed by atoms with E-state index in [1.807, 2.05) is 10.6 Å². The number of nitrogens with zero attached hydrogens (tertiary/aromatic N) is 6. The highest BCUT2D eigenvalue weighted by molar-refractivity contribution is 5.77. The van der Waals surface area contributed by atoms with E-state index in [0.717, 1.165) is 5.56 Å². The van der Waals surface area contributed by atoms with Gasteiger partial charge in [0.2, 0.25) is 5.95 Å². The molecule has 0 amide bonds. The van der Waals surface area contributed by atoms with Gasteiger partial charge in [0.1, 0.15) is 17.7 Å². The van der Waals surface area contributed by atoms with Crippen molar-refractivity contribution in [3.05, 3.63) is 72.4 Å². The topological polar surface area (TPSA) is 70.7 Å². The number of fused-ring (bicyclic) bond motifs is 3. The van der Waals surface area contributed by atoms with Gasteiger partial charge in [0.25, 0.3) is 0 Å². The third-order valence-corrected chi connectivity index (χ3v) is 5.36. The molecular weight excluding hydrogens is 390 g/mol. The van der Waals surface area contributed by atoms with Crippen LogP contribution in [0, 0.1) is 11.6 Å². The molecule has 3 aromatic heterocycles. The minimum atomic E-state index is -0.385. The Balaban J connectivity index is 1.52. The standard InChI is InChI=1S/C21H14F2N6O/c22-12-4-5-15-18(8-12)29(11-25-15)21-24-9-16-20(27-21)28(10-26-16)17-6-7-30-19-13(17)2-1-3-14(19)23/h1-5,8-11,17H,6-7H2/t17-/m1/s1. The molecule has 0 saturated heterocycles. The largest absolute Gasteiger partial charge is 0.490 e. The minimum absolute atomic E-state index is 0.172. The molecule has 5 aromatic rings. The van der Waals surface area contributed by atoms with Crippen molar-refractivity contribution in [1.29, 1.82) is 0 Å². The van der Waals surface area contributed by atoms with Crippen LogP contribution in [-0.2, 0) is 0 Å². The van der Waals surface area contributed by atoms with Crippen LogP contribution in [0.4, 0.5) is 8.78 Å². The first-order valence-corrected chi connectivity index (χ1v) is 9.43. The van der Waals surface area contributed by atoms with Crippen LogP contribution in [0.2, 0.25) is 0 Å². The van der Waals surface area contributed by atoms with Crippen LogP contribution in [0.25, 0.3) is 28.1 Å². The molecule has 0 fully saturated rings. The number of ether oxygens (including phenoxy) is 1. The first-order valence-electron chi connectivity index (χ1n) is 9.43. The van der Waals surface area contributed by atoms with Crippen molar-refractivity contribution in [3.8, 4) is 11.7 Å². The lowest BCUT2D eigenvalue weighted by Crippen LogP contribution is -2.21. The van der Waals surface area contributed by atoms with Crippen molar-refractivity contribution in [3.63, 3.8) is 0 Å². The number of hydrogen-bond acceptors (Lipinski definition) is 5. The summed E-state index contributed by atoms with van der Waals surface area (Å²) in [5.74, 6) is -0.134. The second-order valence-corrected chi connectivity index (χ2v) is 7.09. The summed E-state index contributed by atoms with van der Waals surface area (Å²) in [5.41, 5.74) is 3.16. The zero-order valence-corrected chi connectivity index (χ0v) is 15.5. The van der Waals surface area contributed by atoms with Gasteiger partial charge in [0.15, 0.2) is 17.2 Å². The van der Waals surface area contributed by atoms with Gasteiger partial charge in [-0.25, -0.2) is 23.7 Å². The predicted octanol–water partition coefficient (Wildman–Crippen LogP) is 3.82. The first-order chi connectivity index (χ1) is 14.7. The van der Waals surface area contributed by atoms with Crippen LogP contribution in [0.5, 0.6) is 5.75 Å². The van der Waals surface area contributed by atoms with Gasteiger partial charge in [-0.2, -0.15) is 4.98 Å². The second kappa shape index (κ2) is 6.31. The average molecular weight is 404 g/mol. The Morgan fingerprint density at radius 2 is 1.90 bits per heavy atom. The maximum absolute atomic E-state index is 14.2. The summed E-state index contributed by atoms with van der Waals surface area (Å²) in [6, 6.07) is 9.10. The molecule has 0 unspecified atom stereocenters. The normalized spacial score (nSPS) is 16.0. The highest BCUT2D eigenvalue weighted by Gasteiger charge is 2.27. The summed E-state index contributed by atoms with van der Waals surface area (Å²) >= 11 is 0. The molecule has 0 N–H and O–H groups in total. The molecule has 1 atom stereocenters. The molecule has 1 aliphatic rings. The van der Waals surface area contributed by atoms with Crippen molar-refractivity contribution in [2.75, 3.05) is 6.61 Å². The maximum Gasteiger partial charge on any atom is 0.237 e. The van der Waals surface area contributed by atoms with E-state index in [4.69, 9.17) is 4.74 Å². The van der Waals surface area contributed by atoms with Crippen LogP contribution in [0.15, 0.2) is 55.2 Å². The summed E-state index contributed by atoms with van der Waals surface area (Å²) in [6.07, 6.45) is 5.51. The van der Waals surface area contributed by atoms with Crippen molar-refractivity contribution >= 4 is 22.2 Å². The lowest BCUT2D eigenvalue weighted by atomic mass is 10.00. The Bertz CT molecular complexity index is 1430. The monoisotopic (exact) mass is 404 g/mol. The SMILES string of the molecule is Fc1ccc2ncn(-c3ncc4ncn([C@@H]5CCOc6c(F)cccc65)c4n3)c2c1. The van der Waals surface area contributed by atoms with Crippen molar-refractivity contribution in [2.45, 2.75) is 12.5 Å². The maximum atomic E-state index is 14.2. The summed E-state index contributed by atoms with van der Waals surface area (Å²) in [7, 11) is 0. The molecule has 0 aliphatic carbocycles. The number of para-hydroxylation sites is 1.